The fraction of sp³-hybridized carbons (Fsp3) is 0.208. The van der Waals surface area contributed by atoms with Crippen LogP contribution in [-0.2, 0) is 12.8 Å². The molecule has 0 bridgehead atoms. The molecule has 8 heteroatoms. The van der Waals surface area contributed by atoms with Gasteiger partial charge in [0.2, 0.25) is 0 Å². The molecule has 56 heavy (non-hydrogen) atoms. The number of hydrogen-bond acceptors (Lipinski definition) is 8. The first kappa shape index (κ1) is 40.6. The third kappa shape index (κ3) is 9.57. The molecule has 4 aromatic carbocycles. The van der Waals surface area contributed by atoms with Gasteiger partial charge in [-0.3, -0.25) is 9.97 Å². The predicted octanol–water partition coefficient (Wildman–Crippen LogP) is 11.8. The lowest BCUT2D eigenvalue weighted by Crippen LogP contribution is -2.05. The molecule has 0 amide bonds. The highest BCUT2D eigenvalue weighted by molar-refractivity contribution is 5.89. The molecule has 0 saturated heterocycles. The van der Waals surface area contributed by atoms with Crippen molar-refractivity contribution in [1.82, 2.24) is 29.9 Å². The van der Waals surface area contributed by atoms with Gasteiger partial charge in [-0.25, -0.2) is 19.9 Å². The smallest absolute Gasteiger partial charge is 0.145 e. The Kier molecular flexibility index (Phi) is 14.7. The Morgan fingerprint density at radius 2 is 0.786 bits per heavy atom. The van der Waals surface area contributed by atoms with Crippen molar-refractivity contribution in [2.75, 3.05) is 11.5 Å². The number of fused-ring (bicyclic) bond motifs is 2. The van der Waals surface area contributed by atoms with Gasteiger partial charge in [0.05, 0.1) is 45.2 Å². The maximum Gasteiger partial charge on any atom is 0.145 e. The first-order chi connectivity index (χ1) is 27.5. The van der Waals surface area contributed by atoms with Crippen molar-refractivity contribution in [3.05, 3.63) is 145 Å². The second kappa shape index (κ2) is 20.2. The Labute approximate surface area is 331 Å². The van der Waals surface area contributed by atoms with Crippen LogP contribution in [0.2, 0.25) is 0 Å². The van der Waals surface area contributed by atoms with Crippen LogP contribution < -0.4 is 11.5 Å². The number of nitrogens with zero attached hydrogens (tertiary/aromatic N) is 6. The van der Waals surface area contributed by atoms with E-state index in [9.17, 15) is 0 Å². The summed E-state index contributed by atoms with van der Waals surface area (Å²) in [6, 6.07) is 40.5. The summed E-state index contributed by atoms with van der Waals surface area (Å²) in [5.74, 6) is 1.02. The van der Waals surface area contributed by atoms with Gasteiger partial charge in [0.25, 0.3) is 0 Å². The molecule has 0 fully saturated rings. The van der Waals surface area contributed by atoms with E-state index in [2.05, 4.69) is 60.2 Å². The molecular formula is C48H52N8. The number of hydrogen-bond donors (Lipinski definition) is 2. The second-order valence-corrected chi connectivity index (χ2v) is 12.6. The van der Waals surface area contributed by atoms with Crippen LogP contribution >= 0.6 is 0 Å². The summed E-state index contributed by atoms with van der Waals surface area (Å²) in [4.78, 5) is 28.1. The van der Waals surface area contributed by atoms with E-state index in [-0.39, 0.29) is 0 Å². The molecule has 4 heterocycles. The highest BCUT2D eigenvalue weighted by Gasteiger charge is 2.17. The third-order valence-electron chi connectivity index (χ3n) is 8.82. The van der Waals surface area contributed by atoms with E-state index in [1.54, 1.807) is 12.4 Å². The minimum absolute atomic E-state index is 0.511. The van der Waals surface area contributed by atoms with Crippen LogP contribution in [0.3, 0.4) is 0 Å². The summed E-state index contributed by atoms with van der Waals surface area (Å²) in [7, 11) is 0. The first-order valence-electron chi connectivity index (χ1n) is 19.7. The van der Waals surface area contributed by atoms with Gasteiger partial charge in [0, 0.05) is 45.4 Å². The summed E-state index contributed by atoms with van der Waals surface area (Å²) < 4.78 is 0. The molecule has 4 N–H and O–H groups in total. The van der Waals surface area contributed by atoms with Gasteiger partial charge in [0.15, 0.2) is 0 Å². The molecule has 0 aliphatic carbocycles. The van der Waals surface area contributed by atoms with Crippen molar-refractivity contribution in [3.8, 4) is 45.0 Å². The summed E-state index contributed by atoms with van der Waals surface area (Å²) in [6.07, 6.45) is 7.20. The summed E-state index contributed by atoms with van der Waals surface area (Å²) in [5.41, 5.74) is 23.5. The lowest BCUT2D eigenvalue weighted by Gasteiger charge is -2.13. The van der Waals surface area contributed by atoms with Gasteiger partial charge in [-0.05, 0) is 49.2 Å². The number of nitrogens with two attached hydrogens (primary N) is 2. The molecular weight excluding hydrogens is 689 g/mol. The normalized spacial score (nSPS) is 10.4. The number of rotatable bonds is 8. The molecule has 0 atom stereocenters. The van der Waals surface area contributed by atoms with E-state index < -0.39 is 0 Å². The molecule has 0 aliphatic rings. The van der Waals surface area contributed by atoms with Crippen molar-refractivity contribution in [3.63, 3.8) is 0 Å². The van der Waals surface area contributed by atoms with Gasteiger partial charge in [0.1, 0.15) is 11.6 Å². The van der Waals surface area contributed by atoms with Crippen LogP contribution in [-0.4, -0.2) is 29.9 Å². The van der Waals surface area contributed by atoms with E-state index >= 15 is 0 Å². The fourth-order valence-corrected chi connectivity index (χ4v) is 6.25. The number of pyridine rings is 2. The number of anilines is 2. The minimum atomic E-state index is 0.511. The Balaban J connectivity index is 0.000000197. The van der Waals surface area contributed by atoms with Crippen LogP contribution in [0, 0.1) is 0 Å². The molecule has 8 rings (SSSR count). The number of benzene rings is 4. The largest absolute Gasteiger partial charge is 0.382 e. The average molecular weight is 741 g/mol. The molecule has 0 radical (unpaired) electrons. The van der Waals surface area contributed by atoms with Crippen LogP contribution in [0.4, 0.5) is 11.6 Å². The summed E-state index contributed by atoms with van der Waals surface area (Å²) >= 11 is 0. The lowest BCUT2D eigenvalue weighted by atomic mass is 10.0. The van der Waals surface area contributed by atoms with Crippen LogP contribution in [0.5, 0.6) is 0 Å². The quantitative estimate of drug-likeness (QED) is 0.157. The second-order valence-electron chi connectivity index (χ2n) is 12.6. The zero-order chi connectivity index (χ0) is 39.9. The number of nitrogen functional groups attached to an aromatic ring is 2. The van der Waals surface area contributed by atoms with Gasteiger partial charge in [-0.1, -0.05) is 139 Å². The standard InChI is InChI=1S/2C22H20N4.2C2H6/c2*1-2-7-19-22(23)26-20(15-8-4-3-5-9-15)21(25-19)17-11-12-18-16(14-17)10-6-13-24-18;2*1-2/h2*3-6,8-14H,2,7H2,1H3,(H2,23,26);2*1-2H3. The Hall–Kier alpha value is -6.54. The van der Waals surface area contributed by atoms with Gasteiger partial charge in [-0.15, -0.1) is 0 Å². The summed E-state index contributed by atoms with van der Waals surface area (Å²) in [6.45, 7) is 12.2. The predicted molar refractivity (Wildman–Crippen MR) is 236 cm³/mol. The minimum Gasteiger partial charge on any atom is -0.382 e. The third-order valence-corrected chi connectivity index (χ3v) is 8.82. The number of aromatic nitrogens is 6. The van der Waals surface area contributed by atoms with Gasteiger partial charge in [-0.2, -0.15) is 0 Å². The Morgan fingerprint density at radius 3 is 1.16 bits per heavy atom. The average Bonchev–Trinajstić information content (AvgIpc) is 3.27. The van der Waals surface area contributed by atoms with Crippen molar-refractivity contribution in [2.24, 2.45) is 0 Å². The monoisotopic (exact) mass is 740 g/mol. The SMILES string of the molecule is CC.CC.CCCc1nc(-c2ccc3ncccc3c2)c(-c2ccccc2)nc1N.CCCc1nc(-c2ccc3ncccc3c2)c(-c2ccccc2)nc1N. The molecule has 0 saturated carbocycles. The van der Waals surface area contributed by atoms with E-state index in [4.69, 9.17) is 31.4 Å². The first-order valence-corrected chi connectivity index (χ1v) is 19.7. The van der Waals surface area contributed by atoms with Crippen LogP contribution in [0.15, 0.2) is 134 Å². The summed E-state index contributed by atoms with van der Waals surface area (Å²) in [5, 5.41) is 2.17. The Morgan fingerprint density at radius 1 is 0.411 bits per heavy atom. The highest BCUT2D eigenvalue weighted by atomic mass is 14.9. The van der Waals surface area contributed by atoms with E-state index in [1.807, 2.05) is 113 Å². The van der Waals surface area contributed by atoms with E-state index in [0.717, 1.165) is 104 Å². The molecule has 8 aromatic rings. The van der Waals surface area contributed by atoms with Crippen LogP contribution in [0.1, 0.15) is 65.8 Å². The molecule has 0 spiro atoms. The van der Waals surface area contributed by atoms with E-state index in [1.165, 1.54) is 0 Å². The molecule has 0 unspecified atom stereocenters. The molecule has 8 nitrogen and oxygen atoms in total. The fourth-order valence-electron chi connectivity index (χ4n) is 6.25. The van der Waals surface area contributed by atoms with Gasteiger partial charge >= 0.3 is 0 Å². The zero-order valence-corrected chi connectivity index (χ0v) is 33.4. The highest BCUT2D eigenvalue weighted by Crippen LogP contribution is 2.34. The maximum absolute atomic E-state index is 6.20. The van der Waals surface area contributed by atoms with Crippen molar-refractivity contribution >= 4 is 33.4 Å². The Bertz CT molecular complexity index is 2290. The molecule has 4 aromatic heterocycles. The van der Waals surface area contributed by atoms with Gasteiger partial charge < -0.3 is 11.5 Å². The zero-order valence-electron chi connectivity index (χ0n) is 33.4. The molecule has 284 valence electrons. The number of aryl methyl sites for hydroxylation is 2. The topological polar surface area (TPSA) is 129 Å². The molecule has 0 aliphatic heterocycles. The van der Waals surface area contributed by atoms with Crippen molar-refractivity contribution in [1.29, 1.82) is 0 Å². The van der Waals surface area contributed by atoms with Crippen molar-refractivity contribution in [2.45, 2.75) is 67.2 Å². The maximum atomic E-state index is 6.20. The van der Waals surface area contributed by atoms with E-state index in [0.29, 0.717) is 11.6 Å². The van der Waals surface area contributed by atoms with Crippen LogP contribution in [0.25, 0.3) is 66.8 Å². The lowest BCUT2D eigenvalue weighted by molar-refractivity contribution is 0.879. The van der Waals surface area contributed by atoms with Crippen molar-refractivity contribution < 1.29 is 0 Å².